The van der Waals surface area contributed by atoms with Gasteiger partial charge in [0.2, 0.25) is 0 Å². The van der Waals surface area contributed by atoms with E-state index in [0.717, 1.165) is 18.8 Å². The Bertz CT molecular complexity index is 396. The van der Waals surface area contributed by atoms with Gasteiger partial charge in [0.05, 0.1) is 12.8 Å². The maximum absolute atomic E-state index is 5.85. The zero-order chi connectivity index (χ0) is 13.1. The number of benzene rings is 1. The second-order valence-corrected chi connectivity index (χ2v) is 5.00. The van der Waals surface area contributed by atoms with Crippen LogP contribution in [-0.2, 0) is 0 Å². The molecular weight excluding hydrogens is 226 g/mol. The maximum Gasteiger partial charge on any atom is 0.142 e. The number of rotatable bonds is 3. The van der Waals surface area contributed by atoms with Gasteiger partial charge in [-0.2, -0.15) is 0 Å². The molecule has 2 atom stereocenters. The summed E-state index contributed by atoms with van der Waals surface area (Å²) >= 11 is 0. The largest absolute Gasteiger partial charge is 0.495 e. The average Bonchev–Trinajstić information content (AvgIpc) is 2.39. The standard InChI is InChI=1S/C14H23N3O/c1-11-9-16(2)12(8-15)10-17(11)13-6-4-5-7-14(13)18-3/h4-7,11-12H,8-10,15H2,1-3H3. The van der Waals surface area contributed by atoms with Gasteiger partial charge in [-0.1, -0.05) is 12.1 Å². The number of hydrogen-bond acceptors (Lipinski definition) is 4. The molecule has 2 unspecified atom stereocenters. The fraction of sp³-hybridized carbons (Fsp3) is 0.571. The lowest BCUT2D eigenvalue weighted by Crippen LogP contribution is -2.58. The summed E-state index contributed by atoms with van der Waals surface area (Å²) in [6.07, 6.45) is 0. The number of para-hydroxylation sites is 2. The summed E-state index contributed by atoms with van der Waals surface area (Å²) in [4.78, 5) is 4.74. The van der Waals surface area contributed by atoms with Crippen molar-refractivity contribution in [3.63, 3.8) is 0 Å². The molecule has 4 nitrogen and oxygen atoms in total. The summed E-state index contributed by atoms with van der Waals surface area (Å²) in [6, 6.07) is 9.07. The first-order valence-electron chi connectivity index (χ1n) is 6.47. The molecule has 1 fully saturated rings. The van der Waals surface area contributed by atoms with Crippen molar-refractivity contribution in [2.24, 2.45) is 5.73 Å². The van der Waals surface area contributed by atoms with E-state index in [2.05, 4.69) is 35.9 Å². The van der Waals surface area contributed by atoms with Gasteiger partial charge in [0.25, 0.3) is 0 Å². The first-order valence-corrected chi connectivity index (χ1v) is 6.47. The Morgan fingerprint density at radius 2 is 2.06 bits per heavy atom. The Morgan fingerprint density at radius 3 is 2.72 bits per heavy atom. The summed E-state index contributed by atoms with van der Waals surface area (Å²) in [6.45, 7) is 4.92. The van der Waals surface area contributed by atoms with E-state index in [1.165, 1.54) is 5.69 Å². The monoisotopic (exact) mass is 249 g/mol. The van der Waals surface area contributed by atoms with Crippen molar-refractivity contribution in [1.82, 2.24) is 4.90 Å². The van der Waals surface area contributed by atoms with Crippen molar-refractivity contribution < 1.29 is 4.74 Å². The van der Waals surface area contributed by atoms with Crippen LogP contribution in [0.1, 0.15) is 6.92 Å². The van der Waals surface area contributed by atoms with Gasteiger partial charge < -0.3 is 15.4 Å². The molecule has 1 saturated heterocycles. The summed E-state index contributed by atoms with van der Waals surface area (Å²) in [7, 11) is 3.87. The van der Waals surface area contributed by atoms with E-state index in [4.69, 9.17) is 10.5 Å². The van der Waals surface area contributed by atoms with Crippen molar-refractivity contribution in [3.05, 3.63) is 24.3 Å². The summed E-state index contributed by atoms with van der Waals surface area (Å²) < 4.78 is 5.46. The van der Waals surface area contributed by atoms with Gasteiger partial charge in [-0.3, -0.25) is 4.90 Å². The number of likely N-dealkylation sites (N-methyl/N-ethyl adjacent to an activating group) is 1. The van der Waals surface area contributed by atoms with Crippen molar-refractivity contribution in [1.29, 1.82) is 0 Å². The predicted molar refractivity (Wildman–Crippen MR) is 75.3 cm³/mol. The van der Waals surface area contributed by atoms with Gasteiger partial charge in [0.15, 0.2) is 0 Å². The molecule has 18 heavy (non-hydrogen) atoms. The Labute approximate surface area is 109 Å². The van der Waals surface area contributed by atoms with E-state index < -0.39 is 0 Å². The quantitative estimate of drug-likeness (QED) is 0.873. The lowest BCUT2D eigenvalue weighted by atomic mass is 10.1. The van der Waals surface area contributed by atoms with Crippen molar-refractivity contribution >= 4 is 5.69 Å². The molecule has 100 valence electrons. The van der Waals surface area contributed by atoms with E-state index in [1.807, 2.05) is 12.1 Å². The third-order valence-corrected chi connectivity index (χ3v) is 3.78. The summed E-state index contributed by atoms with van der Waals surface area (Å²) in [5, 5.41) is 0. The first-order chi connectivity index (χ1) is 8.67. The smallest absolute Gasteiger partial charge is 0.142 e. The molecule has 0 saturated carbocycles. The minimum atomic E-state index is 0.408. The molecule has 0 radical (unpaired) electrons. The highest BCUT2D eigenvalue weighted by Crippen LogP contribution is 2.31. The van der Waals surface area contributed by atoms with Crippen LogP contribution in [0.5, 0.6) is 5.75 Å². The minimum Gasteiger partial charge on any atom is -0.495 e. The maximum atomic E-state index is 5.85. The van der Waals surface area contributed by atoms with Gasteiger partial charge in [-0.15, -0.1) is 0 Å². The third kappa shape index (κ3) is 2.44. The van der Waals surface area contributed by atoms with Gasteiger partial charge in [-0.05, 0) is 26.1 Å². The highest BCUT2D eigenvalue weighted by molar-refractivity contribution is 5.59. The predicted octanol–water partition coefficient (Wildman–Crippen LogP) is 1.16. The number of hydrogen-bond donors (Lipinski definition) is 1. The van der Waals surface area contributed by atoms with Crippen LogP contribution >= 0.6 is 0 Å². The van der Waals surface area contributed by atoms with Gasteiger partial charge in [0.1, 0.15) is 5.75 Å². The van der Waals surface area contributed by atoms with E-state index in [-0.39, 0.29) is 0 Å². The van der Waals surface area contributed by atoms with Crippen LogP contribution in [0.4, 0.5) is 5.69 Å². The lowest BCUT2D eigenvalue weighted by Gasteiger charge is -2.45. The molecule has 1 aromatic carbocycles. The number of piperazine rings is 1. The Balaban J connectivity index is 2.26. The number of ether oxygens (including phenoxy) is 1. The highest BCUT2D eigenvalue weighted by Gasteiger charge is 2.29. The number of nitrogens with two attached hydrogens (primary N) is 1. The molecule has 2 rings (SSSR count). The van der Waals surface area contributed by atoms with Crippen LogP contribution in [0.2, 0.25) is 0 Å². The number of nitrogens with zero attached hydrogens (tertiary/aromatic N) is 2. The van der Waals surface area contributed by atoms with Crippen molar-refractivity contribution in [3.8, 4) is 5.75 Å². The topological polar surface area (TPSA) is 41.7 Å². The number of anilines is 1. The van der Waals surface area contributed by atoms with Crippen LogP contribution in [0.3, 0.4) is 0 Å². The fourth-order valence-corrected chi connectivity index (χ4v) is 2.67. The van der Waals surface area contributed by atoms with Gasteiger partial charge >= 0.3 is 0 Å². The number of methoxy groups -OCH3 is 1. The summed E-state index contributed by atoms with van der Waals surface area (Å²) in [5.74, 6) is 0.935. The fourth-order valence-electron chi connectivity index (χ4n) is 2.67. The van der Waals surface area contributed by atoms with Gasteiger partial charge in [0, 0.05) is 31.7 Å². The molecule has 0 spiro atoms. The molecule has 0 aliphatic carbocycles. The second-order valence-electron chi connectivity index (χ2n) is 5.00. The van der Waals surface area contributed by atoms with Crippen LogP contribution in [0.15, 0.2) is 24.3 Å². The lowest BCUT2D eigenvalue weighted by molar-refractivity contribution is 0.196. The van der Waals surface area contributed by atoms with Crippen molar-refractivity contribution in [2.75, 3.05) is 38.7 Å². The first kappa shape index (κ1) is 13.2. The molecule has 2 N–H and O–H groups in total. The molecule has 1 aliphatic heterocycles. The zero-order valence-electron chi connectivity index (χ0n) is 11.5. The van der Waals surface area contributed by atoms with E-state index >= 15 is 0 Å². The molecule has 0 aromatic heterocycles. The van der Waals surface area contributed by atoms with Crippen LogP contribution in [0, 0.1) is 0 Å². The molecule has 1 heterocycles. The summed E-state index contributed by atoms with van der Waals surface area (Å²) in [5.41, 5.74) is 7.02. The SMILES string of the molecule is COc1ccccc1N1CC(CN)N(C)CC1C. The van der Waals surface area contributed by atoms with Crippen LogP contribution in [0.25, 0.3) is 0 Å². The minimum absolute atomic E-state index is 0.408. The van der Waals surface area contributed by atoms with Crippen molar-refractivity contribution in [2.45, 2.75) is 19.0 Å². The average molecular weight is 249 g/mol. The Hall–Kier alpha value is -1.26. The molecule has 4 heteroatoms. The van der Waals surface area contributed by atoms with E-state index in [9.17, 15) is 0 Å². The highest BCUT2D eigenvalue weighted by atomic mass is 16.5. The second kappa shape index (κ2) is 5.59. The van der Waals surface area contributed by atoms with E-state index in [1.54, 1.807) is 7.11 Å². The molecule has 0 bridgehead atoms. The normalized spacial score (nSPS) is 25.2. The van der Waals surface area contributed by atoms with Crippen LogP contribution in [-0.4, -0.2) is 50.8 Å². The Kier molecular flexibility index (Phi) is 4.09. The molecule has 1 aliphatic rings. The zero-order valence-corrected chi connectivity index (χ0v) is 11.5. The Morgan fingerprint density at radius 1 is 1.33 bits per heavy atom. The van der Waals surface area contributed by atoms with E-state index in [0.29, 0.717) is 18.6 Å². The molecule has 0 amide bonds. The molecular formula is C14H23N3O. The molecule has 1 aromatic rings. The van der Waals surface area contributed by atoms with Crippen LogP contribution < -0.4 is 15.4 Å². The third-order valence-electron chi connectivity index (χ3n) is 3.78. The van der Waals surface area contributed by atoms with Gasteiger partial charge in [-0.25, -0.2) is 0 Å².